The first-order chi connectivity index (χ1) is 10.1. The van der Waals surface area contributed by atoms with Gasteiger partial charge in [0.05, 0.1) is 11.5 Å². The van der Waals surface area contributed by atoms with Crippen LogP contribution in [-0.2, 0) is 11.2 Å². The smallest absolute Gasteiger partial charge is 0.311 e. The lowest BCUT2D eigenvalue weighted by Crippen LogP contribution is -2.50. The van der Waals surface area contributed by atoms with Crippen LogP contribution < -0.4 is 5.32 Å². The number of nitrogens with one attached hydrogen (secondary N) is 2. The highest BCUT2D eigenvalue weighted by Gasteiger charge is 2.52. The highest BCUT2D eigenvalue weighted by Crippen LogP contribution is 2.52. The van der Waals surface area contributed by atoms with Gasteiger partial charge in [0, 0.05) is 21.1 Å². The Hall–Kier alpha value is -1.04. The first-order valence-corrected chi connectivity index (χ1v) is 8.18. The van der Waals surface area contributed by atoms with E-state index in [0.717, 1.165) is 47.9 Å². The zero-order valence-corrected chi connectivity index (χ0v) is 14.4. The Kier molecular flexibility index (Phi) is 4.00. The van der Waals surface area contributed by atoms with E-state index < -0.39 is 11.4 Å². The maximum absolute atomic E-state index is 11.8. The molecular weight excluding hydrogens is 368 g/mol. The third-order valence-corrected chi connectivity index (χ3v) is 5.63. The van der Waals surface area contributed by atoms with Crippen molar-refractivity contribution < 1.29 is 9.90 Å². The van der Waals surface area contributed by atoms with E-state index in [1.54, 1.807) is 0 Å². The van der Waals surface area contributed by atoms with Crippen LogP contribution in [0.4, 0.5) is 0 Å². The molecule has 1 saturated carbocycles. The quantitative estimate of drug-likeness (QED) is 0.737. The van der Waals surface area contributed by atoms with E-state index in [1.807, 2.05) is 6.07 Å². The zero-order valence-electron chi connectivity index (χ0n) is 12.0. The van der Waals surface area contributed by atoms with Crippen LogP contribution in [0.5, 0.6) is 0 Å². The second-order valence-electron chi connectivity index (χ2n) is 6.16. The molecule has 4 rings (SSSR count). The summed E-state index contributed by atoms with van der Waals surface area (Å²) in [6.07, 6.45) is 3.47. The van der Waals surface area contributed by atoms with Gasteiger partial charge in [-0.25, -0.2) is 0 Å². The molecule has 2 heterocycles. The summed E-state index contributed by atoms with van der Waals surface area (Å²) in [5.74, 6) is -0.668. The molecule has 6 heteroatoms. The van der Waals surface area contributed by atoms with Crippen LogP contribution in [0, 0.1) is 5.41 Å². The Balaban J connectivity index is 0.00000144. The predicted molar refractivity (Wildman–Crippen MR) is 91.6 cm³/mol. The van der Waals surface area contributed by atoms with Crippen molar-refractivity contribution in [2.75, 3.05) is 6.54 Å². The lowest BCUT2D eigenvalue weighted by Gasteiger charge is -2.45. The normalized spacial score (nSPS) is 22.5. The van der Waals surface area contributed by atoms with Gasteiger partial charge >= 0.3 is 5.97 Å². The van der Waals surface area contributed by atoms with Gasteiger partial charge in [0.2, 0.25) is 0 Å². The van der Waals surface area contributed by atoms with Crippen LogP contribution in [0.3, 0.4) is 0 Å². The molecule has 3 N–H and O–H groups in total. The number of hydrogen-bond acceptors (Lipinski definition) is 2. The number of H-pyrrole nitrogens is 1. The standard InChI is InChI=1S/C16H17BrN2O2.ClH/c17-9-2-3-12-11(8-9)10-4-7-18-14(13(10)19-12)16(15(20)21)5-1-6-16;/h2-3,8,14,18-19H,1,4-7H2,(H,20,21);1H/t14-;/m0./s1. The molecule has 1 fully saturated rings. The van der Waals surface area contributed by atoms with Gasteiger partial charge in [0.15, 0.2) is 0 Å². The van der Waals surface area contributed by atoms with Crippen molar-refractivity contribution in [3.8, 4) is 0 Å². The number of carboxylic acid groups (broad SMARTS) is 1. The fourth-order valence-corrected chi connectivity index (χ4v) is 4.22. The zero-order chi connectivity index (χ0) is 14.6. The number of fused-ring (bicyclic) bond motifs is 3. The molecule has 1 aromatic carbocycles. The Labute approximate surface area is 143 Å². The van der Waals surface area contributed by atoms with Gasteiger partial charge in [-0.3, -0.25) is 4.79 Å². The second-order valence-corrected chi connectivity index (χ2v) is 7.07. The highest BCUT2D eigenvalue weighted by molar-refractivity contribution is 9.10. The number of rotatable bonds is 2. The lowest BCUT2D eigenvalue weighted by atomic mass is 9.62. The molecule has 118 valence electrons. The van der Waals surface area contributed by atoms with Crippen molar-refractivity contribution in [3.05, 3.63) is 33.9 Å². The maximum Gasteiger partial charge on any atom is 0.311 e. The molecule has 2 aromatic rings. The number of aliphatic carboxylic acids is 1. The second kappa shape index (κ2) is 5.55. The molecule has 22 heavy (non-hydrogen) atoms. The molecule has 1 aliphatic carbocycles. The molecule has 2 aliphatic rings. The summed E-state index contributed by atoms with van der Waals surface area (Å²) in [7, 11) is 0. The Morgan fingerprint density at radius 3 is 2.77 bits per heavy atom. The third-order valence-electron chi connectivity index (χ3n) is 5.14. The third kappa shape index (κ3) is 2.10. The van der Waals surface area contributed by atoms with Crippen molar-refractivity contribution in [3.63, 3.8) is 0 Å². The molecule has 1 aliphatic heterocycles. The monoisotopic (exact) mass is 384 g/mol. The Bertz CT molecular complexity index is 739. The summed E-state index contributed by atoms with van der Waals surface area (Å²) in [5.41, 5.74) is 2.82. The van der Waals surface area contributed by atoms with Crippen LogP contribution in [0.2, 0.25) is 0 Å². The molecule has 0 bridgehead atoms. The van der Waals surface area contributed by atoms with Crippen LogP contribution in [0.1, 0.15) is 36.6 Å². The number of carbonyl (C=O) groups is 1. The van der Waals surface area contributed by atoms with E-state index in [2.05, 4.69) is 38.4 Å². The van der Waals surface area contributed by atoms with Gasteiger partial charge in [-0.2, -0.15) is 0 Å². The maximum atomic E-state index is 11.8. The first kappa shape index (κ1) is 15.8. The van der Waals surface area contributed by atoms with Crippen molar-refractivity contribution in [2.45, 2.75) is 31.7 Å². The van der Waals surface area contributed by atoms with Crippen molar-refractivity contribution in [2.24, 2.45) is 5.41 Å². The molecule has 0 saturated heterocycles. The van der Waals surface area contributed by atoms with Gasteiger partial charge < -0.3 is 15.4 Å². The molecule has 0 spiro atoms. The van der Waals surface area contributed by atoms with Crippen molar-refractivity contribution in [1.29, 1.82) is 0 Å². The molecule has 0 radical (unpaired) electrons. The summed E-state index contributed by atoms with van der Waals surface area (Å²) >= 11 is 3.52. The molecule has 1 aromatic heterocycles. The van der Waals surface area contributed by atoms with E-state index >= 15 is 0 Å². The van der Waals surface area contributed by atoms with Crippen LogP contribution >= 0.6 is 28.3 Å². The van der Waals surface area contributed by atoms with Crippen molar-refractivity contribution in [1.82, 2.24) is 10.3 Å². The SMILES string of the molecule is Cl.O=C(O)C1([C@H]2NCCc3c2[nH]c2ccc(Br)cc32)CCC1. The molecule has 0 amide bonds. The summed E-state index contributed by atoms with van der Waals surface area (Å²) in [4.78, 5) is 15.3. The number of hydrogen-bond donors (Lipinski definition) is 3. The van der Waals surface area contributed by atoms with Crippen LogP contribution in [0.15, 0.2) is 22.7 Å². The van der Waals surface area contributed by atoms with Gasteiger partial charge in [0.1, 0.15) is 0 Å². The molecule has 1 atom stereocenters. The van der Waals surface area contributed by atoms with Gasteiger partial charge in [-0.1, -0.05) is 22.4 Å². The summed E-state index contributed by atoms with van der Waals surface area (Å²) in [5, 5.41) is 14.4. The minimum absolute atomic E-state index is 0. The Morgan fingerprint density at radius 2 is 2.14 bits per heavy atom. The molecule has 4 nitrogen and oxygen atoms in total. The Morgan fingerprint density at radius 1 is 1.36 bits per heavy atom. The highest BCUT2D eigenvalue weighted by atomic mass is 79.9. The number of aromatic nitrogens is 1. The van der Waals surface area contributed by atoms with E-state index in [4.69, 9.17) is 0 Å². The summed E-state index contributed by atoms with van der Waals surface area (Å²) in [6.45, 7) is 0.839. The van der Waals surface area contributed by atoms with Crippen LogP contribution in [-0.4, -0.2) is 22.6 Å². The minimum atomic E-state index is -0.668. The molecular formula is C16H18BrClN2O2. The van der Waals surface area contributed by atoms with Gasteiger partial charge in [-0.05, 0) is 49.6 Å². The average molecular weight is 386 g/mol. The van der Waals surface area contributed by atoms with E-state index in [9.17, 15) is 9.90 Å². The number of benzene rings is 1. The van der Waals surface area contributed by atoms with Crippen LogP contribution in [0.25, 0.3) is 10.9 Å². The van der Waals surface area contributed by atoms with E-state index in [-0.39, 0.29) is 18.4 Å². The number of aromatic amines is 1. The number of halogens is 2. The first-order valence-electron chi connectivity index (χ1n) is 7.38. The predicted octanol–water partition coefficient (Wildman–Crippen LogP) is 3.79. The molecule has 0 unspecified atom stereocenters. The number of carboxylic acids is 1. The fourth-order valence-electron chi connectivity index (χ4n) is 3.86. The van der Waals surface area contributed by atoms with Crippen molar-refractivity contribution >= 4 is 45.2 Å². The van der Waals surface area contributed by atoms with E-state index in [0.29, 0.717) is 0 Å². The lowest BCUT2D eigenvalue weighted by molar-refractivity contribution is -0.158. The fraction of sp³-hybridized carbons (Fsp3) is 0.438. The van der Waals surface area contributed by atoms with E-state index in [1.165, 1.54) is 10.9 Å². The summed E-state index contributed by atoms with van der Waals surface area (Å²) in [6, 6.07) is 6.10. The average Bonchev–Trinajstić information content (AvgIpc) is 2.76. The minimum Gasteiger partial charge on any atom is -0.481 e. The summed E-state index contributed by atoms with van der Waals surface area (Å²) < 4.78 is 1.06. The largest absolute Gasteiger partial charge is 0.481 e. The topological polar surface area (TPSA) is 65.1 Å². The van der Waals surface area contributed by atoms with Gasteiger partial charge in [-0.15, -0.1) is 12.4 Å². The van der Waals surface area contributed by atoms with Gasteiger partial charge in [0.25, 0.3) is 0 Å².